The van der Waals surface area contributed by atoms with Crippen molar-refractivity contribution in [2.45, 2.75) is 0 Å². The second-order valence-corrected chi connectivity index (χ2v) is 9.22. The molecule has 0 saturated carbocycles. The van der Waals surface area contributed by atoms with E-state index in [1.54, 1.807) is 9.80 Å². The number of imide groups is 2. The van der Waals surface area contributed by atoms with Crippen LogP contribution in [0.25, 0.3) is 0 Å². The molecule has 2 saturated heterocycles. The number of hydrogen-bond acceptors (Lipinski definition) is 12. The lowest BCUT2D eigenvalue weighted by Gasteiger charge is -2.35. The predicted octanol–water partition coefficient (Wildman–Crippen LogP) is -0.879. The third-order valence-electron chi connectivity index (χ3n) is 6.31. The number of anilines is 2. The first-order valence-electron chi connectivity index (χ1n) is 12.3. The second kappa shape index (κ2) is 12.4. The number of ether oxygens (including phenoxy) is 2. The monoisotopic (exact) mass is 552 g/mol. The molecule has 0 atom stereocenters. The summed E-state index contributed by atoms with van der Waals surface area (Å²) < 4.78 is 10.2. The van der Waals surface area contributed by atoms with Crippen molar-refractivity contribution < 1.29 is 38.2 Å². The van der Waals surface area contributed by atoms with Crippen molar-refractivity contribution in [1.29, 1.82) is 0 Å². The Morgan fingerprint density at radius 3 is 1.18 bits per heavy atom. The molecule has 0 unspecified atom stereocenters. The van der Waals surface area contributed by atoms with Gasteiger partial charge in [0.1, 0.15) is 0 Å². The molecule has 2 aromatic carbocycles. The molecule has 0 aromatic heterocycles. The summed E-state index contributed by atoms with van der Waals surface area (Å²) in [5.41, 5.74) is 12.6. The number of esters is 2. The van der Waals surface area contributed by atoms with Crippen LogP contribution < -0.4 is 11.5 Å². The number of nitrogens with zero attached hydrogens (tertiary/aromatic N) is 4. The minimum Gasteiger partial charge on any atom is -0.440 e. The molecule has 14 nitrogen and oxygen atoms in total. The van der Waals surface area contributed by atoms with Crippen LogP contribution in [-0.4, -0.2) is 108 Å². The van der Waals surface area contributed by atoms with Gasteiger partial charge in [-0.05, 0) is 48.5 Å². The minimum absolute atomic E-state index is 0.103. The number of amides is 4. The predicted molar refractivity (Wildman–Crippen MR) is 139 cm³/mol. The highest BCUT2D eigenvalue weighted by Gasteiger charge is 2.34. The summed E-state index contributed by atoms with van der Waals surface area (Å²) in [4.78, 5) is 79.4. The van der Waals surface area contributed by atoms with Gasteiger partial charge in [-0.15, -0.1) is 0 Å². The number of rotatable bonds is 9. The van der Waals surface area contributed by atoms with Gasteiger partial charge in [0.05, 0.1) is 37.3 Å². The molecule has 210 valence electrons. The number of hydrogen-bond donors (Lipinski definition) is 2. The maximum Gasteiger partial charge on any atom is 0.339 e. The Morgan fingerprint density at radius 1 is 0.575 bits per heavy atom. The van der Waals surface area contributed by atoms with Crippen LogP contribution in [0, 0.1) is 0 Å². The molecule has 0 aliphatic carbocycles. The van der Waals surface area contributed by atoms with E-state index in [1.165, 1.54) is 48.5 Å². The number of nitrogen functional groups attached to an aromatic ring is 2. The highest BCUT2D eigenvalue weighted by Crippen LogP contribution is 2.12. The molecule has 0 radical (unpaired) electrons. The third kappa shape index (κ3) is 6.98. The van der Waals surface area contributed by atoms with Gasteiger partial charge in [0.2, 0.25) is 23.6 Å². The molecular weight excluding hydrogens is 524 g/mol. The van der Waals surface area contributed by atoms with E-state index in [0.29, 0.717) is 11.4 Å². The van der Waals surface area contributed by atoms with Gasteiger partial charge in [0, 0.05) is 24.5 Å². The van der Waals surface area contributed by atoms with Gasteiger partial charge in [0.25, 0.3) is 0 Å². The van der Waals surface area contributed by atoms with Crippen molar-refractivity contribution in [3.8, 4) is 0 Å². The van der Waals surface area contributed by atoms with Gasteiger partial charge in [-0.2, -0.15) is 0 Å². The number of carbonyl (C=O) groups is 6. The summed E-state index contributed by atoms with van der Waals surface area (Å²) in [7, 11) is 0. The first-order valence-corrected chi connectivity index (χ1v) is 12.3. The van der Waals surface area contributed by atoms with Crippen molar-refractivity contribution in [2.75, 3.05) is 64.2 Å². The fraction of sp³-hybridized carbons (Fsp3) is 0.308. The lowest BCUT2D eigenvalue weighted by atomic mass is 10.2. The zero-order valence-corrected chi connectivity index (χ0v) is 21.5. The maximum absolute atomic E-state index is 12.5. The van der Waals surface area contributed by atoms with E-state index in [-0.39, 0.29) is 50.4 Å². The summed E-state index contributed by atoms with van der Waals surface area (Å²) in [6.07, 6.45) is 0. The SMILES string of the molecule is Nc1ccc(C(=O)OCN2C(=O)CN(CCN3CC(=O)N(COC(=O)c4ccc(N)cc4)C(=O)C3)CC2=O)cc1. The van der Waals surface area contributed by atoms with Crippen LogP contribution in [0.2, 0.25) is 0 Å². The van der Waals surface area contributed by atoms with Crippen LogP contribution in [0.15, 0.2) is 48.5 Å². The molecule has 14 heteroatoms. The highest BCUT2D eigenvalue weighted by atomic mass is 16.6. The Balaban J connectivity index is 1.20. The van der Waals surface area contributed by atoms with Gasteiger partial charge in [-0.3, -0.25) is 29.0 Å². The smallest absolute Gasteiger partial charge is 0.339 e. The minimum atomic E-state index is -0.698. The summed E-state index contributed by atoms with van der Waals surface area (Å²) in [5, 5.41) is 0. The largest absolute Gasteiger partial charge is 0.440 e. The van der Waals surface area contributed by atoms with Crippen molar-refractivity contribution in [1.82, 2.24) is 19.6 Å². The quantitative estimate of drug-likeness (QED) is 0.223. The second-order valence-electron chi connectivity index (χ2n) is 9.22. The summed E-state index contributed by atoms with van der Waals surface area (Å²) in [6.45, 7) is -0.956. The van der Waals surface area contributed by atoms with Gasteiger partial charge in [0.15, 0.2) is 13.5 Å². The van der Waals surface area contributed by atoms with Gasteiger partial charge in [-0.25, -0.2) is 19.4 Å². The topological polar surface area (TPSA) is 186 Å². The normalized spacial score (nSPS) is 16.8. The molecule has 4 amide bonds. The van der Waals surface area contributed by atoms with Crippen molar-refractivity contribution >= 4 is 46.9 Å². The van der Waals surface area contributed by atoms with Crippen LogP contribution in [0.3, 0.4) is 0 Å². The molecule has 2 fully saturated rings. The Hall–Kier alpha value is -4.82. The summed E-state index contributed by atoms with van der Waals surface area (Å²) in [6, 6.07) is 12.0. The molecule has 4 rings (SSSR count). The zero-order chi connectivity index (χ0) is 28.8. The number of nitrogens with two attached hydrogens (primary N) is 2. The van der Waals surface area contributed by atoms with Crippen LogP contribution in [0.5, 0.6) is 0 Å². The highest BCUT2D eigenvalue weighted by molar-refractivity contribution is 6.00. The van der Waals surface area contributed by atoms with E-state index >= 15 is 0 Å². The maximum atomic E-state index is 12.5. The Morgan fingerprint density at radius 2 is 0.875 bits per heavy atom. The van der Waals surface area contributed by atoms with E-state index in [4.69, 9.17) is 20.9 Å². The van der Waals surface area contributed by atoms with Crippen LogP contribution in [-0.2, 0) is 28.7 Å². The molecule has 2 aromatic rings. The van der Waals surface area contributed by atoms with E-state index in [2.05, 4.69) is 0 Å². The number of benzene rings is 2. The number of piperazine rings is 2. The molecule has 40 heavy (non-hydrogen) atoms. The molecule has 0 spiro atoms. The van der Waals surface area contributed by atoms with E-state index in [1.807, 2.05) is 0 Å². The lowest BCUT2D eigenvalue weighted by Crippen LogP contribution is -2.58. The fourth-order valence-electron chi connectivity index (χ4n) is 4.04. The molecular formula is C26H28N6O8. The summed E-state index contributed by atoms with van der Waals surface area (Å²) in [5.74, 6) is -3.56. The van der Waals surface area contributed by atoms with Crippen molar-refractivity contribution in [2.24, 2.45) is 0 Å². The first kappa shape index (κ1) is 28.2. The Labute approximate surface area is 229 Å². The van der Waals surface area contributed by atoms with Crippen LogP contribution in [0.1, 0.15) is 20.7 Å². The van der Waals surface area contributed by atoms with Gasteiger partial charge < -0.3 is 20.9 Å². The third-order valence-corrected chi connectivity index (χ3v) is 6.31. The van der Waals surface area contributed by atoms with E-state index < -0.39 is 49.0 Å². The fourth-order valence-corrected chi connectivity index (χ4v) is 4.04. The Bertz CT molecular complexity index is 1180. The van der Waals surface area contributed by atoms with Crippen molar-refractivity contribution in [3.63, 3.8) is 0 Å². The average Bonchev–Trinajstić information content (AvgIpc) is 2.91. The molecule has 2 aliphatic heterocycles. The van der Waals surface area contributed by atoms with Crippen LogP contribution >= 0.6 is 0 Å². The number of carbonyl (C=O) groups excluding carboxylic acids is 6. The van der Waals surface area contributed by atoms with Gasteiger partial charge in [-0.1, -0.05) is 0 Å². The molecule has 2 heterocycles. The molecule has 4 N–H and O–H groups in total. The van der Waals surface area contributed by atoms with E-state index in [0.717, 1.165) is 9.80 Å². The first-order chi connectivity index (χ1) is 19.1. The van der Waals surface area contributed by atoms with Gasteiger partial charge >= 0.3 is 11.9 Å². The molecule has 0 bridgehead atoms. The summed E-state index contributed by atoms with van der Waals surface area (Å²) >= 11 is 0. The Kier molecular flexibility index (Phi) is 8.71. The average molecular weight is 553 g/mol. The lowest BCUT2D eigenvalue weighted by molar-refractivity contribution is -0.159. The van der Waals surface area contributed by atoms with Crippen molar-refractivity contribution in [3.05, 3.63) is 59.7 Å². The van der Waals surface area contributed by atoms with E-state index in [9.17, 15) is 28.8 Å². The van der Waals surface area contributed by atoms with Crippen LogP contribution in [0.4, 0.5) is 11.4 Å². The standard InChI is InChI=1S/C26H28N6O8/c27-19-5-1-17(2-6-19)25(37)39-15-31-21(33)11-29(12-22(31)34)9-10-30-13-23(35)32(24(36)14-30)16-40-26(38)18-3-7-20(28)8-4-18/h1-8H,9-16,27-28H2. The zero-order valence-electron chi connectivity index (χ0n) is 21.5. The molecule has 2 aliphatic rings.